The Morgan fingerprint density at radius 3 is 2.93 bits per heavy atom. The van der Waals surface area contributed by atoms with Gasteiger partial charge < -0.3 is 4.74 Å². The van der Waals surface area contributed by atoms with Gasteiger partial charge in [-0.15, -0.1) is 0 Å². The number of nitrogens with zero attached hydrogens (tertiary/aromatic N) is 1. The monoisotopic (exact) mass is 205 g/mol. The molecule has 0 aliphatic rings. The smallest absolute Gasteiger partial charge is 0.308 e. The topological polar surface area (TPSA) is 39.2 Å². The predicted octanol–water partition coefficient (Wildman–Crippen LogP) is 2.30. The minimum Gasteiger partial charge on any atom is -0.425 e. The maximum Gasteiger partial charge on any atom is 0.308 e. The first-order chi connectivity index (χ1) is 7.15. The van der Waals surface area contributed by atoms with Crippen LogP contribution in [0.5, 0.6) is 5.75 Å². The van der Waals surface area contributed by atoms with E-state index in [9.17, 15) is 9.18 Å². The molecule has 0 bridgehead atoms. The van der Waals surface area contributed by atoms with Crippen molar-refractivity contribution in [1.29, 1.82) is 0 Å². The van der Waals surface area contributed by atoms with Gasteiger partial charge in [-0.05, 0) is 24.3 Å². The number of pyridine rings is 1. The molecular formula is C11H8FNO2. The number of carbonyl (C=O) groups is 1. The average molecular weight is 205 g/mol. The number of fused-ring (bicyclic) bond motifs is 1. The van der Waals surface area contributed by atoms with Crippen molar-refractivity contribution in [1.82, 2.24) is 4.98 Å². The van der Waals surface area contributed by atoms with Crippen molar-refractivity contribution in [3.63, 3.8) is 0 Å². The molecule has 1 aromatic heterocycles. The number of halogens is 1. The summed E-state index contributed by atoms with van der Waals surface area (Å²) >= 11 is 0. The van der Waals surface area contributed by atoms with Crippen LogP contribution in [-0.4, -0.2) is 11.0 Å². The molecule has 0 saturated heterocycles. The number of aromatic nitrogens is 1. The quantitative estimate of drug-likeness (QED) is 0.670. The van der Waals surface area contributed by atoms with E-state index in [0.717, 1.165) is 0 Å². The Morgan fingerprint density at radius 1 is 1.40 bits per heavy atom. The molecule has 0 radical (unpaired) electrons. The van der Waals surface area contributed by atoms with E-state index in [0.29, 0.717) is 16.7 Å². The molecule has 3 nitrogen and oxygen atoms in total. The lowest BCUT2D eigenvalue weighted by Crippen LogP contribution is -2.01. The molecular weight excluding hydrogens is 197 g/mol. The minimum atomic E-state index is -0.424. The maximum absolute atomic E-state index is 12.9. The van der Waals surface area contributed by atoms with Gasteiger partial charge in [0.1, 0.15) is 11.6 Å². The van der Waals surface area contributed by atoms with Crippen LogP contribution in [0.1, 0.15) is 6.92 Å². The Balaban J connectivity index is 2.49. The molecule has 2 aromatic rings. The van der Waals surface area contributed by atoms with Crippen molar-refractivity contribution in [3.8, 4) is 5.75 Å². The molecule has 0 fully saturated rings. The zero-order valence-electron chi connectivity index (χ0n) is 8.03. The van der Waals surface area contributed by atoms with Crippen LogP contribution in [0.2, 0.25) is 0 Å². The molecule has 0 spiro atoms. The van der Waals surface area contributed by atoms with E-state index >= 15 is 0 Å². The standard InChI is InChI=1S/C11H8FNO2/c1-7(14)15-10-5-8-4-9(12)2-3-11(8)13-6-10/h2-6H,1H3. The van der Waals surface area contributed by atoms with Crippen molar-refractivity contribution >= 4 is 16.9 Å². The second kappa shape index (κ2) is 3.65. The summed E-state index contributed by atoms with van der Waals surface area (Å²) in [4.78, 5) is 14.7. The summed E-state index contributed by atoms with van der Waals surface area (Å²) < 4.78 is 17.7. The predicted molar refractivity (Wildman–Crippen MR) is 53.0 cm³/mol. The number of hydrogen-bond acceptors (Lipinski definition) is 3. The van der Waals surface area contributed by atoms with E-state index in [1.165, 1.54) is 25.3 Å². The summed E-state index contributed by atoms with van der Waals surface area (Å²) in [5, 5.41) is 0.605. The third kappa shape index (κ3) is 2.10. The van der Waals surface area contributed by atoms with E-state index in [-0.39, 0.29) is 5.82 Å². The highest BCUT2D eigenvalue weighted by atomic mass is 19.1. The molecule has 1 aromatic carbocycles. The van der Waals surface area contributed by atoms with E-state index < -0.39 is 5.97 Å². The highest BCUT2D eigenvalue weighted by Gasteiger charge is 2.02. The van der Waals surface area contributed by atoms with Crippen LogP contribution in [0.4, 0.5) is 4.39 Å². The lowest BCUT2D eigenvalue weighted by Gasteiger charge is -2.02. The first-order valence-corrected chi connectivity index (χ1v) is 4.39. The summed E-state index contributed by atoms with van der Waals surface area (Å²) in [6.07, 6.45) is 1.43. The second-order valence-corrected chi connectivity index (χ2v) is 3.10. The van der Waals surface area contributed by atoms with Crippen LogP contribution in [0, 0.1) is 5.82 Å². The molecule has 0 unspecified atom stereocenters. The third-order valence-corrected chi connectivity index (χ3v) is 1.88. The minimum absolute atomic E-state index is 0.320. The number of carbonyl (C=O) groups excluding carboxylic acids is 1. The molecule has 0 saturated carbocycles. The van der Waals surface area contributed by atoms with Gasteiger partial charge in [0.05, 0.1) is 11.7 Å². The summed E-state index contributed by atoms with van der Waals surface area (Å²) in [5.74, 6) is -0.447. The Morgan fingerprint density at radius 2 is 2.20 bits per heavy atom. The van der Waals surface area contributed by atoms with Gasteiger partial charge in [-0.1, -0.05) is 0 Å². The van der Waals surface area contributed by atoms with Gasteiger partial charge in [-0.3, -0.25) is 9.78 Å². The van der Waals surface area contributed by atoms with Gasteiger partial charge in [0.25, 0.3) is 0 Å². The van der Waals surface area contributed by atoms with Crippen LogP contribution in [0.25, 0.3) is 10.9 Å². The largest absolute Gasteiger partial charge is 0.425 e. The third-order valence-electron chi connectivity index (χ3n) is 1.88. The molecule has 2 rings (SSSR count). The first kappa shape index (κ1) is 9.58. The number of hydrogen-bond donors (Lipinski definition) is 0. The van der Waals surface area contributed by atoms with Gasteiger partial charge in [-0.25, -0.2) is 4.39 Å². The summed E-state index contributed by atoms with van der Waals surface area (Å²) in [7, 11) is 0. The van der Waals surface area contributed by atoms with Crippen molar-refractivity contribution in [2.75, 3.05) is 0 Å². The Labute approximate surface area is 85.5 Å². The van der Waals surface area contributed by atoms with E-state index in [4.69, 9.17) is 4.74 Å². The molecule has 15 heavy (non-hydrogen) atoms. The van der Waals surface area contributed by atoms with Gasteiger partial charge in [0.15, 0.2) is 0 Å². The maximum atomic E-state index is 12.9. The zero-order valence-corrected chi connectivity index (χ0v) is 8.03. The molecule has 0 N–H and O–H groups in total. The Kier molecular flexibility index (Phi) is 2.33. The highest BCUT2D eigenvalue weighted by molar-refractivity contribution is 5.80. The normalized spacial score (nSPS) is 10.3. The summed E-state index contributed by atoms with van der Waals surface area (Å²) in [6, 6.07) is 5.82. The molecule has 0 aliphatic carbocycles. The van der Waals surface area contributed by atoms with E-state index in [1.54, 1.807) is 12.1 Å². The second-order valence-electron chi connectivity index (χ2n) is 3.10. The Hall–Kier alpha value is -1.97. The van der Waals surface area contributed by atoms with Gasteiger partial charge in [0.2, 0.25) is 0 Å². The van der Waals surface area contributed by atoms with Crippen LogP contribution in [0.15, 0.2) is 30.5 Å². The summed E-state index contributed by atoms with van der Waals surface area (Å²) in [5.41, 5.74) is 0.660. The zero-order chi connectivity index (χ0) is 10.8. The fourth-order valence-corrected chi connectivity index (χ4v) is 1.30. The van der Waals surface area contributed by atoms with Crippen molar-refractivity contribution in [3.05, 3.63) is 36.3 Å². The number of benzene rings is 1. The van der Waals surface area contributed by atoms with Crippen LogP contribution in [0.3, 0.4) is 0 Å². The van der Waals surface area contributed by atoms with Gasteiger partial charge in [-0.2, -0.15) is 0 Å². The Bertz CT molecular complexity index is 525. The van der Waals surface area contributed by atoms with Crippen LogP contribution in [-0.2, 0) is 4.79 Å². The van der Waals surface area contributed by atoms with Gasteiger partial charge in [0, 0.05) is 12.3 Å². The highest BCUT2D eigenvalue weighted by Crippen LogP contribution is 2.19. The lowest BCUT2D eigenvalue weighted by molar-refractivity contribution is -0.131. The molecule has 0 atom stereocenters. The fraction of sp³-hybridized carbons (Fsp3) is 0.0909. The number of ether oxygens (including phenoxy) is 1. The number of rotatable bonds is 1. The first-order valence-electron chi connectivity index (χ1n) is 4.39. The molecule has 4 heteroatoms. The lowest BCUT2D eigenvalue weighted by atomic mass is 10.2. The van der Waals surface area contributed by atoms with Gasteiger partial charge >= 0.3 is 5.97 Å². The van der Waals surface area contributed by atoms with Crippen LogP contribution >= 0.6 is 0 Å². The molecule has 0 aliphatic heterocycles. The van der Waals surface area contributed by atoms with Crippen LogP contribution < -0.4 is 4.74 Å². The SMILES string of the molecule is CC(=O)Oc1cnc2ccc(F)cc2c1. The fourth-order valence-electron chi connectivity index (χ4n) is 1.30. The van der Waals surface area contributed by atoms with Crippen molar-refractivity contribution < 1.29 is 13.9 Å². The molecule has 1 heterocycles. The number of esters is 1. The van der Waals surface area contributed by atoms with Crippen molar-refractivity contribution in [2.24, 2.45) is 0 Å². The summed E-state index contributed by atoms with van der Waals surface area (Å²) in [6.45, 7) is 1.30. The van der Waals surface area contributed by atoms with E-state index in [2.05, 4.69) is 4.98 Å². The molecule has 76 valence electrons. The average Bonchev–Trinajstić information content (AvgIpc) is 2.16. The van der Waals surface area contributed by atoms with E-state index in [1.807, 2.05) is 0 Å². The van der Waals surface area contributed by atoms with Crippen molar-refractivity contribution in [2.45, 2.75) is 6.92 Å². The molecule has 0 amide bonds.